The van der Waals surface area contributed by atoms with Gasteiger partial charge in [-0.05, 0) is 38.5 Å². The van der Waals surface area contributed by atoms with Crippen LogP contribution in [0.1, 0.15) is 32.6 Å². The molecule has 0 N–H and O–H groups in total. The van der Waals surface area contributed by atoms with E-state index in [4.69, 9.17) is 4.74 Å². The quantitative estimate of drug-likeness (QED) is 0.523. The Bertz CT molecular complexity index is 263. The van der Waals surface area contributed by atoms with Crippen molar-refractivity contribution in [2.75, 3.05) is 19.7 Å². The Morgan fingerprint density at radius 1 is 1.40 bits per heavy atom. The third-order valence-electron chi connectivity index (χ3n) is 3.02. The highest BCUT2D eigenvalue weighted by molar-refractivity contribution is 5.82. The molecule has 0 aromatic heterocycles. The van der Waals surface area contributed by atoms with Gasteiger partial charge in [-0.3, -0.25) is 0 Å². The van der Waals surface area contributed by atoms with Crippen molar-refractivity contribution in [1.82, 2.24) is 4.90 Å². The van der Waals surface area contributed by atoms with Gasteiger partial charge in [0.1, 0.15) is 0 Å². The molecule has 1 aliphatic heterocycles. The van der Waals surface area contributed by atoms with Gasteiger partial charge in [0.2, 0.25) is 0 Å². The summed E-state index contributed by atoms with van der Waals surface area (Å²) < 4.78 is 4.97. The van der Waals surface area contributed by atoms with Gasteiger partial charge < -0.3 is 9.64 Å². The second-order valence-electron chi connectivity index (χ2n) is 4.29. The molecule has 1 heterocycles. The summed E-state index contributed by atoms with van der Waals surface area (Å²) in [5.74, 6) is 0.457. The Hall–Kier alpha value is -0.990. The Kier molecular flexibility index (Phi) is 3.29. The highest BCUT2D eigenvalue weighted by Gasteiger charge is 2.31. The minimum absolute atomic E-state index is 0.175. The van der Waals surface area contributed by atoms with Gasteiger partial charge in [-0.25, -0.2) is 4.79 Å². The average molecular weight is 209 g/mol. The maximum absolute atomic E-state index is 11.4. The SMILES string of the molecule is CCOC(=O)/C=C(/C1CC1)N1CCCC1. The van der Waals surface area contributed by atoms with Crippen LogP contribution in [0.5, 0.6) is 0 Å². The van der Waals surface area contributed by atoms with Crippen molar-refractivity contribution in [3.8, 4) is 0 Å². The molecule has 3 nitrogen and oxygen atoms in total. The van der Waals surface area contributed by atoms with Crippen LogP contribution in [0, 0.1) is 5.92 Å². The Labute approximate surface area is 91.1 Å². The van der Waals surface area contributed by atoms with Crippen LogP contribution in [0.4, 0.5) is 0 Å². The standard InChI is InChI=1S/C12H19NO2/c1-2-15-12(14)9-11(10-5-6-10)13-7-3-4-8-13/h9-10H,2-8H2,1H3/b11-9-. The van der Waals surface area contributed by atoms with Crippen molar-refractivity contribution in [3.63, 3.8) is 0 Å². The zero-order valence-corrected chi connectivity index (χ0v) is 9.37. The summed E-state index contributed by atoms with van der Waals surface area (Å²) in [5, 5.41) is 0. The summed E-state index contributed by atoms with van der Waals surface area (Å²) >= 11 is 0. The molecule has 15 heavy (non-hydrogen) atoms. The van der Waals surface area contributed by atoms with Crippen molar-refractivity contribution < 1.29 is 9.53 Å². The van der Waals surface area contributed by atoms with Crippen molar-refractivity contribution in [2.24, 2.45) is 5.92 Å². The van der Waals surface area contributed by atoms with E-state index in [9.17, 15) is 4.79 Å². The first-order valence-electron chi connectivity index (χ1n) is 5.94. The third kappa shape index (κ3) is 2.74. The van der Waals surface area contributed by atoms with Crippen LogP contribution in [0.2, 0.25) is 0 Å². The van der Waals surface area contributed by atoms with Gasteiger partial charge in [-0.2, -0.15) is 0 Å². The van der Waals surface area contributed by atoms with Gasteiger partial charge in [-0.1, -0.05) is 0 Å². The molecule has 0 amide bonds. The summed E-state index contributed by atoms with van der Waals surface area (Å²) in [6, 6.07) is 0. The molecular formula is C12H19NO2. The monoisotopic (exact) mass is 209 g/mol. The number of ether oxygens (including phenoxy) is 1. The number of hydrogen-bond acceptors (Lipinski definition) is 3. The number of esters is 1. The summed E-state index contributed by atoms with van der Waals surface area (Å²) in [7, 11) is 0. The van der Waals surface area contributed by atoms with E-state index >= 15 is 0 Å². The molecule has 0 unspecified atom stereocenters. The molecule has 84 valence electrons. The first-order chi connectivity index (χ1) is 7.31. The first-order valence-corrected chi connectivity index (χ1v) is 5.94. The lowest BCUT2D eigenvalue weighted by Crippen LogP contribution is -2.21. The van der Waals surface area contributed by atoms with Gasteiger partial charge in [0, 0.05) is 24.9 Å². The fourth-order valence-electron chi connectivity index (χ4n) is 2.13. The van der Waals surface area contributed by atoms with E-state index in [1.807, 2.05) is 6.92 Å². The molecule has 1 aliphatic carbocycles. The summed E-state index contributed by atoms with van der Waals surface area (Å²) in [4.78, 5) is 13.8. The van der Waals surface area contributed by atoms with Crippen molar-refractivity contribution >= 4 is 5.97 Å². The molecule has 0 bridgehead atoms. The van der Waals surface area contributed by atoms with Gasteiger partial charge >= 0.3 is 5.97 Å². The molecular weight excluding hydrogens is 190 g/mol. The Morgan fingerprint density at radius 2 is 2.07 bits per heavy atom. The minimum Gasteiger partial charge on any atom is -0.463 e. The topological polar surface area (TPSA) is 29.5 Å². The lowest BCUT2D eigenvalue weighted by Gasteiger charge is -2.21. The number of likely N-dealkylation sites (tertiary alicyclic amines) is 1. The fourth-order valence-corrected chi connectivity index (χ4v) is 2.13. The van der Waals surface area contributed by atoms with Crippen LogP contribution in [-0.4, -0.2) is 30.6 Å². The number of rotatable bonds is 4. The van der Waals surface area contributed by atoms with Crippen LogP contribution in [0.25, 0.3) is 0 Å². The Balaban J connectivity index is 2.01. The molecule has 2 rings (SSSR count). The number of nitrogens with zero attached hydrogens (tertiary/aromatic N) is 1. The van der Waals surface area contributed by atoms with E-state index in [1.165, 1.54) is 31.4 Å². The van der Waals surface area contributed by atoms with Gasteiger partial charge in [0.25, 0.3) is 0 Å². The molecule has 0 atom stereocenters. The van der Waals surface area contributed by atoms with Crippen LogP contribution in [0.3, 0.4) is 0 Å². The lowest BCUT2D eigenvalue weighted by molar-refractivity contribution is -0.137. The zero-order valence-electron chi connectivity index (χ0n) is 9.37. The summed E-state index contributed by atoms with van der Waals surface area (Å²) in [5.41, 5.74) is 1.23. The first kappa shape index (κ1) is 10.5. The smallest absolute Gasteiger partial charge is 0.332 e. The molecule has 0 aromatic rings. The Morgan fingerprint density at radius 3 is 2.60 bits per heavy atom. The van der Waals surface area contributed by atoms with Gasteiger partial charge in [-0.15, -0.1) is 0 Å². The van der Waals surface area contributed by atoms with Crippen molar-refractivity contribution in [1.29, 1.82) is 0 Å². The second kappa shape index (κ2) is 4.69. The summed E-state index contributed by atoms with van der Waals surface area (Å²) in [6.45, 7) is 4.54. The number of carbonyl (C=O) groups is 1. The highest BCUT2D eigenvalue weighted by atomic mass is 16.5. The molecule has 2 aliphatic rings. The molecule has 1 saturated carbocycles. The number of carbonyl (C=O) groups excluding carboxylic acids is 1. The van der Waals surface area contributed by atoms with Gasteiger partial charge in [0.15, 0.2) is 0 Å². The maximum atomic E-state index is 11.4. The third-order valence-corrected chi connectivity index (χ3v) is 3.02. The second-order valence-corrected chi connectivity index (χ2v) is 4.29. The van der Waals surface area contributed by atoms with Crippen molar-refractivity contribution in [3.05, 3.63) is 11.8 Å². The summed E-state index contributed by atoms with van der Waals surface area (Å²) in [6.07, 6.45) is 6.70. The lowest BCUT2D eigenvalue weighted by atomic mass is 10.2. The molecule has 0 spiro atoms. The van der Waals surface area contributed by atoms with Gasteiger partial charge in [0.05, 0.1) is 6.61 Å². The van der Waals surface area contributed by atoms with E-state index in [1.54, 1.807) is 6.08 Å². The normalized spacial score (nSPS) is 21.9. The molecule has 3 heteroatoms. The predicted molar refractivity (Wildman–Crippen MR) is 58.2 cm³/mol. The maximum Gasteiger partial charge on any atom is 0.332 e. The van der Waals surface area contributed by atoms with Crippen LogP contribution < -0.4 is 0 Å². The van der Waals surface area contributed by atoms with E-state index in [-0.39, 0.29) is 5.97 Å². The number of hydrogen-bond donors (Lipinski definition) is 0. The number of allylic oxidation sites excluding steroid dienone is 1. The average Bonchev–Trinajstić information content (AvgIpc) is 2.90. The highest BCUT2D eigenvalue weighted by Crippen LogP contribution is 2.39. The molecule has 0 aromatic carbocycles. The zero-order chi connectivity index (χ0) is 10.7. The molecule has 2 fully saturated rings. The fraction of sp³-hybridized carbons (Fsp3) is 0.750. The largest absolute Gasteiger partial charge is 0.463 e. The molecule has 1 saturated heterocycles. The van der Waals surface area contributed by atoms with Crippen molar-refractivity contribution in [2.45, 2.75) is 32.6 Å². The van der Waals surface area contributed by atoms with E-state index in [0.29, 0.717) is 12.5 Å². The van der Waals surface area contributed by atoms with Crippen LogP contribution in [0.15, 0.2) is 11.8 Å². The van der Waals surface area contributed by atoms with E-state index < -0.39 is 0 Å². The predicted octanol–water partition coefficient (Wildman–Crippen LogP) is 1.94. The van der Waals surface area contributed by atoms with Crippen LogP contribution in [-0.2, 0) is 9.53 Å². The van der Waals surface area contributed by atoms with E-state index in [2.05, 4.69) is 4.90 Å². The minimum atomic E-state index is -0.175. The molecule has 0 radical (unpaired) electrons. The van der Waals surface area contributed by atoms with E-state index in [0.717, 1.165) is 13.1 Å². The van der Waals surface area contributed by atoms with Crippen LogP contribution >= 0.6 is 0 Å².